The molecule has 0 spiro atoms. The third-order valence-corrected chi connectivity index (χ3v) is 3.19. The molecule has 0 aliphatic heterocycles. The molecule has 0 radical (unpaired) electrons. The van der Waals surface area contributed by atoms with Crippen molar-refractivity contribution in [2.45, 2.75) is 39.3 Å². The maximum absolute atomic E-state index is 11.7. The second-order valence-electron chi connectivity index (χ2n) is 4.77. The Morgan fingerprint density at radius 1 is 1.33 bits per heavy atom. The van der Waals surface area contributed by atoms with Crippen LogP contribution in [0, 0.1) is 12.3 Å². The lowest BCUT2D eigenvalue weighted by atomic mass is 10.0. The standard InChI is InChI=1S/C17H24N2O2/c1-5-12-19-17(20)13(4)21-15-10-8-14(9-11-15)16(6-2)18-7-3/h1,8-11,13,16,18H,6-7,12H2,2-4H3,(H,19,20). The summed E-state index contributed by atoms with van der Waals surface area (Å²) in [5.74, 6) is 2.82. The van der Waals surface area contributed by atoms with Gasteiger partial charge in [-0.25, -0.2) is 0 Å². The number of terminal acetylenes is 1. The van der Waals surface area contributed by atoms with Crippen LogP contribution in [0.3, 0.4) is 0 Å². The van der Waals surface area contributed by atoms with Gasteiger partial charge < -0.3 is 15.4 Å². The van der Waals surface area contributed by atoms with Crippen LogP contribution in [0.25, 0.3) is 0 Å². The highest BCUT2D eigenvalue weighted by molar-refractivity contribution is 5.80. The van der Waals surface area contributed by atoms with Crippen LogP contribution in [0.4, 0.5) is 0 Å². The molecule has 0 bridgehead atoms. The fraction of sp³-hybridized carbons (Fsp3) is 0.471. The first-order chi connectivity index (χ1) is 10.1. The van der Waals surface area contributed by atoms with Crippen molar-refractivity contribution < 1.29 is 9.53 Å². The van der Waals surface area contributed by atoms with Crippen molar-refractivity contribution in [3.05, 3.63) is 29.8 Å². The van der Waals surface area contributed by atoms with Gasteiger partial charge in [0.05, 0.1) is 6.54 Å². The van der Waals surface area contributed by atoms with Gasteiger partial charge >= 0.3 is 0 Å². The Morgan fingerprint density at radius 2 is 2.00 bits per heavy atom. The molecule has 1 amide bonds. The van der Waals surface area contributed by atoms with E-state index < -0.39 is 6.10 Å². The lowest BCUT2D eigenvalue weighted by Gasteiger charge is -2.18. The van der Waals surface area contributed by atoms with Crippen molar-refractivity contribution in [1.29, 1.82) is 0 Å². The van der Waals surface area contributed by atoms with Crippen molar-refractivity contribution in [2.24, 2.45) is 0 Å². The number of hydrogen-bond donors (Lipinski definition) is 2. The maximum Gasteiger partial charge on any atom is 0.261 e. The third kappa shape index (κ3) is 5.49. The van der Waals surface area contributed by atoms with Crippen LogP contribution in [-0.2, 0) is 4.79 Å². The minimum Gasteiger partial charge on any atom is -0.481 e. The summed E-state index contributed by atoms with van der Waals surface area (Å²) >= 11 is 0. The van der Waals surface area contributed by atoms with Gasteiger partial charge in [-0.05, 0) is 37.6 Å². The molecule has 1 rings (SSSR count). The average Bonchev–Trinajstić information content (AvgIpc) is 2.51. The first-order valence-electron chi connectivity index (χ1n) is 7.33. The van der Waals surface area contributed by atoms with Crippen molar-refractivity contribution in [3.8, 4) is 18.1 Å². The van der Waals surface area contributed by atoms with E-state index in [9.17, 15) is 4.79 Å². The average molecular weight is 288 g/mol. The second kappa shape index (κ2) is 9.04. The molecule has 2 atom stereocenters. The molecule has 21 heavy (non-hydrogen) atoms. The normalized spacial score (nSPS) is 13.0. The lowest BCUT2D eigenvalue weighted by Crippen LogP contribution is -2.36. The van der Waals surface area contributed by atoms with Gasteiger partial charge in [0.25, 0.3) is 5.91 Å². The molecule has 0 saturated heterocycles. The lowest BCUT2D eigenvalue weighted by molar-refractivity contribution is -0.126. The number of amides is 1. The van der Waals surface area contributed by atoms with E-state index >= 15 is 0 Å². The Labute approximate surface area is 127 Å². The molecule has 0 aromatic heterocycles. The van der Waals surface area contributed by atoms with Crippen LogP contribution in [-0.4, -0.2) is 25.1 Å². The van der Waals surface area contributed by atoms with E-state index in [-0.39, 0.29) is 12.5 Å². The van der Waals surface area contributed by atoms with Gasteiger partial charge in [-0.1, -0.05) is 31.9 Å². The number of carbonyl (C=O) groups excluding carboxylic acids is 1. The summed E-state index contributed by atoms with van der Waals surface area (Å²) < 4.78 is 5.60. The summed E-state index contributed by atoms with van der Waals surface area (Å²) in [5, 5.41) is 6.02. The predicted octanol–water partition coefficient (Wildman–Crippen LogP) is 2.26. The van der Waals surface area contributed by atoms with E-state index in [1.165, 1.54) is 5.56 Å². The van der Waals surface area contributed by atoms with Gasteiger partial charge in [-0.2, -0.15) is 0 Å². The fourth-order valence-electron chi connectivity index (χ4n) is 2.06. The summed E-state index contributed by atoms with van der Waals surface area (Å²) in [4.78, 5) is 11.7. The van der Waals surface area contributed by atoms with Crippen LogP contribution in [0.1, 0.15) is 38.8 Å². The van der Waals surface area contributed by atoms with Crippen LogP contribution in [0.5, 0.6) is 5.75 Å². The quantitative estimate of drug-likeness (QED) is 0.721. The molecule has 1 aromatic rings. The second-order valence-corrected chi connectivity index (χ2v) is 4.77. The summed E-state index contributed by atoms with van der Waals surface area (Å²) in [6, 6.07) is 8.18. The van der Waals surface area contributed by atoms with E-state index in [2.05, 4.69) is 30.4 Å². The van der Waals surface area contributed by atoms with Crippen LogP contribution < -0.4 is 15.4 Å². The Balaban J connectivity index is 2.62. The van der Waals surface area contributed by atoms with Gasteiger partial charge in [-0.3, -0.25) is 4.79 Å². The number of rotatable bonds is 8. The molecule has 0 aliphatic rings. The van der Waals surface area contributed by atoms with Crippen molar-refractivity contribution >= 4 is 5.91 Å². The van der Waals surface area contributed by atoms with E-state index in [4.69, 9.17) is 11.2 Å². The zero-order chi connectivity index (χ0) is 15.7. The van der Waals surface area contributed by atoms with Crippen LogP contribution in [0.15, 0.2) is 24.3 Å². The molecule has 2 N–H and O–H groups in total. The Bertz CT molecular complexity index is 477. The topological polar surface area (TPSA) is 50.4 Å². The summed E-state index contributed by atoms with van der Waals surface area (Å²) in [7, 11) is 0. The molecule has 114 valence electrons. The zero-order valence-electron chi connectivity index (χ0n) is 13.0. The van der Waals surface area contributed by atoms with E-state index in [1.807, 2.05) is 24.3 Å². The number of ether oxygens (including phenoxy) is 1. The Hall–Kier alpha value is -1.99. The Morgan fingerprint density at radius 3 is 2.52 bits per heavy atom. The molecule has 0 fully saturated rings. The summed E-state index contributed by atoms with van der Waals surface area (Å²) in [6.07, 6.45) is 5.56. The molecule has 1 aromatic carbocycles. The Kier molecular flexibility index (Phi) is 7.34. The largest absolute Gasteiger partial charge is 0.481 e. The predicted molar refractivity (Wildman–Crippen MR) is 85.1 cm³/mol. The summed E-state index contributed by atoms with van der Waals surface area (Å²) in [5.41, 5.74) is 1.22. The molecule has 0 saturated carbocycles. The van der Waals surface area contributed by atoms with Gasteiger partial charge in [0.1, 0.15) is 5.75 Å². The minimum atomic E-state index is -0.570. The van der Waals surface area contributed by atoms with Gasteiger partial charge in [0.2, 0.25) is 0 Å². The van der Waals surface area contributed by atoms with Crippen LogP contribution >= 0.6 is 0 Å². The van der Waals surface area contributed by atoms with Crippen molar-refractivity contribution in [3.63, 3.8) is 0 Å². The molecule has 4 nitrogen and oxygen atoms in total. The fourth-order valence-corrected chi connectivity index (χ4v) is 2.06. The van der Waals surface area contributed by atoms with Gasteiger partial charge in [0.15, 0.2) is 6.10 Å². The molecular formula is C17H24N2O2. The molecule has 0 heterocycles. The van der Waals surface area contributed by atoms with E-state index in [0.717, 1.165) is 13.0 Å². The van der Waals surface area contributed by atoms with Gasteiger partial charge in [-0.15, -0.1) is 6.42 Å². The summed E-state index contributed by atoms with van der Waals surface area (Å²) in [6.45, 7) is 7.09. The van der Waals surface area contributed by atoms with Crippen molar-refractivity contribution in [1.82, 2.24) is 10.6 Å². The molecule has 0 aliphatic carbocycles. The smallest absolute Gasteiger partial charge is 0.261 e. The molecule has 2 unspecified atom stereocenters. The van der Waals surface area contributed by atoms with Gasteiger partial charge in [0, 0.05) is 6.04 Å². The SMILES string of the molecule is C#CCNC(=O)C(C)Oc1ccc(C(CC)NCC)cc1. The zero-order valence-corrected chi connectivity index (χ0v) is 13.0. The van der Waals surface area contributed by atoms with E-state index in [1.54, 1.807) is 6.92 Å². The minimum absolute atomic E-state index is 0.212. The van der Waals surface area contributed by atoms with E-state index in [0.29, 0.717) is 11.8 Å². The highest BCUT2D eigenvalue weighted by atomic mass is 16.5. The maximum atomic E-state index is 11.7. The number of benzene rings is 1. The third-order valence-electron chi connectivity index (χ3n) is 3.19. The number of nitrogens with one attached hydrogen (secondary N) is 2. The first-order valence-corrected chi connectivity index (χ1v) is 7.33. The monoisotopic (exact) mass is 288 g/mol. The number of carbonyl (C=O) groups is 1. The van der Waals surface area contributed by atoms with Crippen LogP contribution in [0.2, 0.25) is 0 Å². The highest BCUT2D eigenvalue weighted by Crippen LogP contribution is 2.20. The molecule has 4 heteroatoms. The number of hydrogen-bond acceptors (Lipinski definition) is 3. The van der Waals surface area contributed by atoms with Crippen molar-refractivity contribution in [2.75, 3.05) is 13.1 Å². The highest BCUT2D eigenvalue weighted by Gasteiger charge is 2.14. The first kappa shape index (κ1) is 17.1. The molecular weight excluding hydrogens is 264 g/mol.